The Labute approximate surface area is 176 Å². The van der Waals surface area contributed by atoms with Gasteiger partial charge in [-0.2, -0.15) is 0 Å². The van der Waals surface area contributed by atoms with Crippen LogP contribution in [0.5, 0.6) is 0 Å². The van der Waals surface area contributed by atoms with Crippen molar-refractivity contribution in [3.05, 3.63) is 70.5 Å². The van der Waals surface area contributed by atoms with Gasteiger partial charge in [-0.1, -0.05) is 30.0 Å². The van der Waals surface area contributed by atoms with Crippen LogP contribution in [0.1, 0.15) is 16.8 Å². The Hall–Kier alpha value is -2.71. The molecular formula is C21H20FN3O2S2. The number of thioether (sulfide) groups is 1. The summed E-state index contributed by atoms with van der Waals surface area (Å²) in [5, 5.41) is 7.47. The zero-order chi connectivity index (χ0) is 20.8. The molecule has 0 unspecified atom stereocenters. The molecule has 1 heterocycles. The highest BCUT2D eigenvalue weighted by molar-refractivity contribution is 8.01. The fraction of sp³-hybridized carbons (Fsp3) is 0.190. The van der Waals surface area contributed by atoms with Crippen LogP contribution in [0.2, 0.25) is 0 Å². The average Bonchev–Trinajstić information content (AvgIpc) is 3.12. The van der Waals surface area contributed by atoms with Crippen molar-refractivity contribution in [2.24, 2.45) is 0 Å². The van der Waals surface area contributed by atoms with E-state index >= 15 is 0 Å². The third kappa shape index (κ3) is 6.13. The van der Waals surface area contributed by atoms with Crippen molar-refractivity contribution in [2.45, 2.75) is 24.6 Å². The summed E-state index contributed by atoms with van der Waals surface area (Å²) in [7, 11) is 0. The van der Waals surface area contributed by atoms with Crippen molar-refractivity contribution in [2.75, 3.05) is 16.4 Å². The summed E-state index contributed by atoms with van der Waals surface area (Å²) in [5.41, 5.74) is 4.07. The van der Waals surface area contributed by atoms with E-state index in [2.05, 4.69) is 15.6 Å². The quantitative estimate of drug-likeness (QED) is 0.529. The number of nitrogens with one attached hydrogen (secondary N) is 2. The summed E-state index contributed by atoms with van der Waals surface area (Å²) >= 11 is 2.69. The van der Waals surface area contributed by atoms with Crippen LogP contribution >= 0.6 is 23.1 Å². The molecule has 1 aromatic heterocycles. The first kappa shape index (κ1) is 21.0. The number of aromatic nitrogens is 1. The largest absolute Gasteiger partial charge is 0.325 e. The number of hydrogen-bond acceptors (Lipinski definition) is 5. The second-order valence-corrected chi connectivity index (χ2v) is 8.52. The fourth-order valence-electron chi connectivity index (χ4n) is 2.65. The van der Waals surface area contributed by atoms with Crippen molar-refractivity contribution in [3.63, 3.8) is 0 Å². The van der Waals surface area contributed by atoms with Gasteiger partial charge in [-0.05, 0) is 49.2 Å². The topological polar surface area (TPSA) is 71.1 Å². The molecule has 3 aromatic rings. The lowest BCUT2D eigenvalue weighted by atomic mass is 10.1. The van der Waals surface area contributed by atoms with Crippen LogP contribution < -0.4 is 10.6 Å². The monoisotopic (exact) mass is 429 g/mol. The minimum atomic E-state index is -0.352. The molecular weight excluding hydrogens is 409 g/mol. The zero-order valence-electron chi connectivity index (χ0n) is 16.0. The number of benzene rings is 2. The van der Waals surface area contributed by atoms with E-state index in [4.69, 9.17) is 0 Å². The first-order valence-electron chi connectivity index (χ1n) is 8.89. The van der Waals surface area contributed by atoms with Gasteiger partial charge in [0.1, 0.15) is 5.82 Å². The second kappa shape index (κ2) is 9.67. The summed E-state index contributed by atoms with van der Waals surface area (Å²) < 4.78 is 13.6. The number of para-hydroxylation sites is 1. The normalized spacial score (nSPS) is 10.6. The number of carbonyl (C=O) groups excluding carboxylic acids is 2. The summed E-state index contributed by atoms with van der Waals surface area (Å²) in [6, 6.07) is 11.5. The third-order valence-electron chi connectivity index (χ3n) is 4.07. The van der Waals surface area contributed by atoms with E-state index in [0.29, 0.717) is 15.7 Å². The van der Waals surface area contributed by atoms with Crippen molar-refractivity contribution in [1.29, 1.82) is 0 Å². The highest BCUT2D eigenvalue weighted by atomic mass is 32.2. The van der Waals surface area contributed by atoms with E-state index in [0.717, 1.165) is 16.8 Å². The van der Waals surface area contributed by atoms with Crippen LogP contribution in [0.4, 0.5) is 15.8 Å². The van der Waals surface area contributed by atoms with Gasteiger partial charge in [-0.25, -0.2) is 9.37 Å². The Morgan fingerprint density at radius 1 is 1.03 bits per heavy atom. The Kier molecular flexibility index (Phi) is 7.00. The number of amides is 2. The molecule has 0 radical (unpaired) electrons. The molecule has 5 nitrogen and oxygen atoms in total. The summed E-state index contributed by atoms with van der Waals surface area (Å²) in [5.74, 6) is -0.502. The predicted molar refractivity (Wildman–Crippen MR) is 116 cm³/mol. The Morgan fingerprint density at radius 3 is 2.41 bits per heavy atom. The average molecular weight is 430 g/mol. The predicted octanol–water partition coefficient (Wildman–Crippen LogP) is 4.81. The van der Waals surface area contributed by atoms with Gasteiger partial charge in [0.2, 0.25) is 11.8 Å². The lowest BCUT2D eigenvalue weighted by Crippen LogP contribution is -2.16. The highest BCUT2D eigenvalue weighted by Crippen LogP contribution is 2.24. The summed E-state index contributed by atoms with van der Waals surface area (Å²) in [6.07, 6.45) is 0.173. The molecule has 0 aliphatic carbocycles. The summed E-state index contributed by atoms with van der Waals surface area (Å²) in [4.78, 5) is 28.8. The van der Waals surface area contributed by atoms with Gasteiger partial charge in [-0.15, -0.1) is 11.3 Å². The minimum Gasteiger partial charge on any atom is -0.325 e. The fourth-order valence-corrected chi connectivity index (χ4v) is 4.30. The van der Waals surface area contributed by atoms with Gasteiger partial charge in [-0.3, -0.25) is 9.59 Å². The molecule has 0 aliphatic rings. The van der Waals surface area contributed by atoms with Gasteiger partial charge in [0.05, 0.1) is 17.9 Å². The lowest BCUT2D eigenvalue weighted by Gasteiger charge is -2.10. The molecule has 29 heavy (non-hydrogen) atoms. The molecule has 150 valence electrons. The van der Waals surface area contributed by atoms with E-state index in [1.807, 2.05) is 37.4 Å². The second-order valence-electron chi connectivity index (χ2n) is 6.44. The van der Waals surface area contributed by atoms with E-state index < -0.39 is 0 Å². The molecule has 0 aliphatic heterocycles. The van der Waals surface area contributed by atoms with E-state index in [-0.39, 0.29) is 29.8 Å². The molecule has 0 saturated carbocycles. The van der Waals surface area contributed by atoms with Gasteiger partial charge in [0, 0.05) is 16.8 Å². The maximum absolute atomic E-state index is 12.9. The molecule has 8 heteroatoms. The number of carbonyl (C=O) groups is 2. The van der Waals surface area contributed by atoms with Crippen LogP contribution in [-0.4, -0.2) is 22.6 Å². The Balaban J connectivity index is 1.49. The molecule has 0 atom stereocenters. The third-order valence-corrected chi connectivity index (χ3v) is 6.14. The Bertz CT molecular complexity index is 999. The highest BCUT2D eigenvalue weighted by Gasteiger charge is 2.12. The molecule has 0 bridgehead atoms. The maximum atomic E-state index is 12.9. The SMILES string of the molecule is Cc1cccc(C)c1NC(=O)Cc1csc(SCC(=O)Nc2ccc(F)cc2)n1. The van der Waals surface area contributed by atoms with Gasteiger partial charge >= 0.3 is 0 Å². The number of hydrogen-bond donors (Lipinski definition) is 2. The zero-order valence-corrected chi connectivity index (χ0v) is 17.6. The van der Waals surface area contributed by atoms with Crippen molar-refractivity contribution >= 4 is 46.3 Å². The molecule has 3 rings (SSSR count). The number of halogens is 1. The van der Waals surface area contributed by atoms with Crippen molar-refractivity contribution < 1.29 is 14.0 Å². The molecule has 2 N–H and O–H groups in total. The van der Waals surface area contributed by atoms with E-state index in [9.17, 15) is 14.0 Å². The Morgan fingerprint density at radius 2 is 1.72 bits per heavy atom. The smallest absolute Gasteiger partial charge is 0.234 e. The molecule has 0 spiro atoms. The number of anilines is 2. The van der Waals surface area contributed by atoms with Crippen LogP contribution in [0.3, 0.4) is 0 Å². The van der Waals surface area contributed by atoms with Crippen LogP contribution in [0.15, 0.2) is 52.2 Å². The number of rotatable bonds is 7. The van der Waals surface area contributed by atoms with Crippen molar-refractivity contribution in [3.8, 4) is 0 Å². The van der Waals surface area contributed by atoms with Crippen LogP contribution in [0, 0.1) is 19.7 Å². The van der Waals surface area contributed by atoms with Crippen LogP contribution in [-0.2, 0) is 16.0 Å². The lowest BCUT2D eigenvalue weighted by molar-refractivity contribution is -0.116. The van der Waals surface area contributed by atoms with E-state index in [1.165, 1.54) is 47.4 Å². The minimum absolute atomic E-state index is 0.127. The van der Waals surface area contributed by atoms with Gasteiger partial charge in [0.25, 0.3) is 0 Å². The number of aryl methyl sites for hydroxylation is 2. The molecule has 2 aromatic carbocycles. The van der Waals surface area contributed by atoms with Gasteiger partial charge in [0.15, 0.2) is 4.34 Å². The van der Waals surface area contributed by atoms with Gasteiger partial charge < -0.3 is 10.6 Å². The first-order valence-corrected chi connectivity index (χ1v) is 10.8. The van der Waals surface area contributed by atoms with E-state index in [1.54, 1.807) is 0 Å². The van der Waals surface area contributed by atoms with Crippen molar-refractivity contribution in [1.82, 2.24) is 4.98 Å². The molecule has 2 amide bonds. The molecule has 0 saturated heterocycles. The number of thiazole rings is 1. The van der Waals surface area contributed by atoms with Crippen LogP contribution in [0.25, 0.3) is 0 Å². The molecule has 0 fully saturated rings. The first-order chi connectivity index (χ1) is 13.9. The number of nitrogens with zero attached hydrogens (tertiary/aromatic N) is 1. The summed E-state index contributed by atoms with van der Waals surface area (Å²) in [6.45, 7) is 3.91. The maximum Gasteiger partial charge on any atom is 0.234 e. The standard InChI is InChI=1S/C21H20FN3O2S2/c1-13-4-3-5-14(2)20(13)25-18(26)10-17-11-28-21(24-17)29-12-19(27)23-16-8-6-15(22)7-9-16/h3-9,11H,10,12H2,1-2H3,(H,23,27)(H,25,26).